The van der Waals surface area contributed by atoms with Gasteiger partial charge in [-0.05, 0) is 52.7 Å². The fourth-order valence-corrected chi connectivity index (χ4v) is 3.54. The molecule has 154 valence electrons. The fourth-order valence-electron chi connectivity index (χ4n) is 3.54. The number of anilines is 1. The zero-order valence-electron chi connectivity index (χ0n) is 17.2. The zero-order chi connectivity index (χ0) is 20.7. The number of nitrogens with zero attached hydrogens (tertiary/aromatic N) is 2. The SMILES string of the molecule is CC(C)N(C(=O)COC(=O)C1CCN(C(=O)Nc2ccccc2)CC1)C(C)C. The standard InChI is InChI=1S/C21H31N3O4/c1-15(2)24(16(3)4)19(25)14-28-20(26)17-10-12-23(13-11-17)21(27)22-18-8-6-5-7-9-18/h5-9,15-17H,10-14H2,1-4H3,(H,22,27). The summed E-state index contributed by atoms with van der Waals surface area (Å²) < 4.78 is 5.27. The molecule has 0 saturated carbocycles. The molecule has 1 saturated heterocycles. The number of hydrogen-bond donors (Lipinski definition) is 1. The quantitative estimate of drug-likeness (QED) is 0.758. The van der Waals surface area contributed by atoms with Gasteiger partial charge < -0.3 is 19.9 Å². The maximum atomic E-state index is 12.3. The Kier molecular flexibility index (Phi) is 7.84. The van der Waals surface area contributed by atoms with E-state index in [4.69, 9.17) is 4.74 Å². The summed E-state index contributed by atoms with van der Waals surface area (Å²) in [6.07, 6.45) is 1.07. The Balaban J connectivity index is 1.77. The first-order valence-corrected chi connectivity index (χ1v) is 9.88. The highest BCUT2D eigenvalue weighted by atomic mass is 16.5. The molecule has 1 fully saturated rings. The third kappa shape index (κ3) is 5.97. The maximum absolute atomic E-state index is 12.3. The number of hydrogen-bond acceptors (Lipinski definition) is 4. The van der Waals surface area contributed by atoms with Crippen LogP contribution in [0.25, 0.3) is 0 Å². The molecule has 0 aromatic heterocycles. The van der Waals surface area contributed by atoms with Crippen LogP contribution in [0.5, 0.6) is 0 Å². The van der Waals surface area contributed by atoms with Gasteiger partial charge in [0.2, 0.25) is 0 Å². The normalized spacial score (nSPS) is 14.9. The van der Waals surface area contributed by atoms with E-state index in [2.05, 4.69) is 5.32 Å². The second kappa shape index (κ2) is 10.1. The van der Waals surface area contributed by atoms with E-state index in [0.717, 1.165) is 5.69 Å². The molecule has 1 heterocycles. The first kappa shape index (κ1) is 21.7. The minimum atomic E-state index is -0.357. The number of piperidine rings is 1. The van der Waals surface area contributed by atoms with Gasteiger partial charge in [0, 0.05) is 30.9 Å². The molecule has 0 unspecified atom stereocenters. The number of carbonyl (C=O) groups excluding carboxylic acids is 3. The monoisotopic (exact) mass is 389 g/mol. The number of carbonyl (C=O) groups is 3. The third-order valence-electron chi connectivity index (χ3n) is 4.88. The molecule has 3 amide bonds. The van der Waals surface area contributed by atoms with Crippen molar-refractivity contribution in [3.8, 4) is 0 Å². The molecule has 0 aliphatic carbocycles. The topological polar surface area (TPSA) is 79.0 Å². The molecular weight excluding hydrogens is 358 g/mol. The van der Waals surface area contributed by atoms with Crippen molar-refractivity contribution in [2.75, 3.05) is 25.0 Å². The summed E-state index contributed by atoms with van der Waals surface area (Å²) in [5.41, 5.74) is 0.743. The van der Waals surface area contributed by atoms with Crippen molar-refractivity contribution >= 4 is 23.6 Å². The second-order valence-electron chi connectivity index (χ2n) is 7.65. The fraction of sp³-hybridized carbons (Fsp3) is 0.571. The molecule has 28 heavy (non-hydrogen) atoms. The number of ether oxygens (including phenoxy) is 1. The Morgan fingerprint density at radius 2 is 1.64 bits per heavy atom. The van der Waals surface area contributed by atoms with Crippen LogP contribution in [0, 0.1) is 5.92 Å². The number of esters is 1. The van der Waals surface area contributed by atoms with Crippen molar-refractivity contribution in [3.63, 3.8) is 0 Å². The van der Waals surface area contributed by atoms with Crippen LogP contribution in [0.1, 0.15) is 40.5 Å². The zero-order valence-corrected chi connectivity index (χ0v) is 17.2. The first-order chi connectivity index (χ1) is 13.3. The van der Waals surface area contributed by atoms with E-state index in [1.165, 1.54) is 0 Å². The van der Waals surface area contributed by atoms with Crippen molar-refractivity contribution in [1.82, 2.24) is 9.80 Å². The lowest BCUT2D eigenvalue weighted by molar-refractivity contribution is -0.157. The second-order valence-corrected chi connectivity index (χ2v) is 7.65. The molecule has 0 atom stereocenters. The van der Waals surface area contributed by atoms with Gasteiger partial charge >= 0.3 is 12.0 Å². The van der Waals surface area contributed by atoms with Crippen molar-refractivity contribution in [1.29, 1.82) is 0 Å². The van der Waals surface area contributed by atoms with Gasteiger partial charge in [-0.1, -0.05) is 18.2 Å². The summed E-state index contributed by atoms with van der Waals surface area (Å²) in [5.74, 6) is -0.818. The van der Waals surface area contributed by atoms with E-state index < -0.39 is 0 Å². The number of benzene rings is 1. The largest absolute Gasteiger partial charge is 0.455 e. The molecule has 0 bridgehead atoms. The molecule has 1 aromatic rings. The summed E-state index contributed by atoms with van der Waals surface area (Å²) in [6.45, 7) is 8.49. The van der Waals surface area contributed by atoms with Crippen LogP contribution in [0.2, 0.25) is 0 Å². The molecule has 7 nitrogen and oxygen atoms in total. The summed E-state index contributed by atoms with van der Waals surface area (Å²) in [7, 11) is 0. The van der Waals surface area contributed by atoms with Gasteiger partial charge in [0.05, 0.1) is 5.92 Å². The van der Waals surface area contributed by atoms with E-state index in [9.17, 15) is 14.4 Å². The third-order valence-corrected chi connectivity index (χ3v) is 4.88. The molecule has 1 aromatic carbocycles. The van der Waals surface area contributed by atoms with Crippen LogP contribution in [0.15, 0.2) is 30.3 Å². The maximum Gasteiger partial charge on any atom is 0.321 e. The summed E-state index contributed by atoms with van der Waals surface area (Å²) in [6, 6.07) is 9.21. The molecule has 1 N–H and O–H groups in total. The van der Waals surface area contributed by atoms with Gasteiger partial charge in [-0.25, -0.2) is 4.79 Å². The van der Waals surface area contributed by atoms with Crippen LogP contribution in [0.3, 0.4) is 0 Å². The minimum absolute atomic E-state index is 0.0533. The Morgan fingerprint density at radius 3 is 2.18 bits per heavy atom. The number of rotatable bonds is 6. The van der Waals surface area contributed by atoms with Gasteiger partial charge in [-0.2, -0.15) is 0 Å². The highest BCUT2D eigenvalue weighted by Crippen LogP contribution is 2.20. The van der Waals surface area contributed by atoms with Gasteiger partial charge in [-0.3, -0.25) is 9.59 Å². The lowest BCUT2D eigenvalue weighted by Crippen LogP contribution is -2.45. The van der Waals surface area contributed by atoms with E-state index in [1.807, 2.05) is 58.0 Å². The lowest BCUT2D eigenvalue weighted by Gasteiger charge is -2.32. The molecule has 0 radical (unpaired) electrons. The average molecular weight is 389 g/mol. The number of amides is 3. The van der Waals surface area contributed by atoms with Crippen LogP contribution in [-0.2, 0) is 14.3 Å². The lowest BCUT2D eigenvalue weighted by atomic mass is 9.97. The Bertz CT molecular complexity index is 659. The smallest absolute Gasteiger partial charge is 0.321 e. The minimum Gasteiger partial charge on any atom is -0.455 e. The van der Waals surface area contributed by atoms with Crippen molar-refractivity contribution in [3.05, 3.63) is 30.3 Å². The summed E-state index contributed by atoms with van der Waals surface area (Å²) in [5, 5.41) is 2.85. The predicted octanol–water partition coefficient (Wildman–Crippen LogP) is 3.12. The Morgan fingerprint density at radius 1 is 1.07 bits per heavy atom. The molecule has 0 spiro atoms. The Labute approximate surface area is 167 Å². The van der Waals surface area contributed by atoms with E-state index in [0.29, 0.717) is 25.9 Å². The molecule has 7 heteroatoms. The van der Waals surface area contributed by atoms with Gasteiger partial charge in [0.15, 0.2) is 6.61 Å². The first-order valence-electron chi connectivity index (χ1n) is 9.88. The highest BCUT2D eigenvalue weighted by Gasteiger charge is 2.29. The van der Waals surface area contributed by atoms with Gasteiger partial charge in [-0.15, -0.1) is 0 Å². The summed E-state index contributed by atoms with van der Waals surface area (Å²) in [4.78, 5) is 40.4. The number of likely N-dealkylation sites (tertiary alicyclic amines) is 1. The van der Waals surface area contributed by atoms with E-state index >= 15 is 0 Å². The molecule has 2 rings (SSSR count). The average Bonchev–Trinajstić information content (AvgIpc) is 2.66. The molecular formula is C21H31N3O4. The molecule has 1 aliphatic heterocycles. The van der Waals surface area contributed by atoms with Crippen molar-refractivity contribution in [2.45, 2.75) is 52.6 Å². The van der Waals surface area contributed by atoms with Crippen LogP contribution >= 0.6 is 0 Å². The van der Waals surface area contributed by atoms with Crippen LogP contribution in [-0.4, -0.2) is 59.5 Å². The van der Waals surface area contributed by atoms with Gasteiger partial charge in [0.1, 0.15) is 0 Å². The van der Waals surface area contributed by atoms with Crippen molar-refractivity contribution in [2.24, 2.45) is 5.92 Å². The van der Waals surface area contributed by atoms with Crippen molar-refractivity contribution < 1.29 is 19.1 Å². The number of para-hydroxylation sites is 1. The highest BCUT2D eigenvalue weighted by molar-refractivity contribution is 5.89. The van der Waals surface area contributed by atoms with Gasteiger partial charge in [0.25, 0.3) is 5.91 Å². The number of nitrogens with one attached hydrogen (secondary N) is 1. The van der Waals surface area contributed by atoms with Crippen LogP contribution < -0.4 is 5.32 Å². The van der Waals surface area contributed by atoms with E-state index in [1.54, 1.807) is 9.80 Å². The number of urea groups is 1. The van der Waals surface area contributed by atoms with E-state index in [-0.39, 0.29) is 42.5 Å². The Hall–Kier alpha value is -2.57. The molecule has 1 aliphatic rings. The van der Waals surface area contributed by atoms with Crippen LogP contribution in [0.4, 0.5) is 10.5 Å². The summed E-state index contributed by atoms with van der Waals surface area (Å²) >= 11 is 0. The predicted molar refractivity (Wildman–Crippen MR) is 108 cm³/mol.